The van der Waals surface area contributed by atoms with Crippen LogP contribution >= 0.6 is 0 Å². The van der Waals surface area contributed by atoms with E-state index in [0.717, 1.165) is 4.31 Å². The van der Waals surface area contributed by atoms with Crippen LogP contribution in [-0.4, -0.2) is 37.4 Å². The minimum Gasteiger partial charge on any atom is -0.480 e. The molecule has 0 saturated heterocycles. The molecule has 1 aromatic rings. The highest BCUT2D eigenvalue weighted by Gasteiger charge is 2.27. The van der Waals surface area contributed by atoms with Gasteiger partial charge in [0.1, 0.15) is 6.04 Å². The summed E-state index contributed by atoms with van der Waals surface area (Å²) in [6.07, 6.45) is 0. The molecule has 0 fully saturated rings. The van der Waals surface area contributed by atoms with Crippen LogP contribution in [0.2, 0.25) is 0 Å². The van der Waals surface area contributed by atoms with Crippen LogP contribution < -0.4 is 4.72 Å². The summed E-state index contributed by atoms with van der Waals surface area (Å²) < 4.78 is 26.8. The lowest BCUT2D eigenvalue weighted by molar-refractivity contribution is -0.139. The predicted octanol–water partition coefficient (Wildman–Crippen LogP) is 0.598. The summed E-state index contributed by atoms with van der Waals surface area (Å²) in [7, 11) is -2.42. The molecule has 0 spiro atoms. The van der Waals surface area contributed by atoms with E-state index in [1.54, 1.807) is 37.3 Å². The van der Waals surface area contributed by atoms with Gasteiger partial charge < -0.3 is 5.11 Å². The molecule has 1 rings (SSSR count). The molecule has 0 unspecified atom stereocenters. The van der Waals surface area contributed by atoms with Crippen molar-refractivity contribution >= 4 is 16.2 Å². The van der Waals surface area contributed by atoms with Gasteiger partial charge in [-0.05, 0) is 5.56 Å². The first-order valence-electron chi connectivity index (χ1n) is 5.40. The van der Waals surface area contributed by atoms with Gasteiger partial charge in [-0.15, -0.1) is 0 Å². The smallest absolute Gasteiger partial charge is 0.326 e. The molecule has 0 saturated carbocycles. The molecule has 0 radical (unpaired) electrons. The number of nitrogens with one attached hydrogen (secondary N) is 1. The monoisotopic (exact) mass is 272 g/mol. The zero-order valence-electron chi connectivity index (χ0n) is 10.2. The standard InChI is InChI=1S/C11H16N2O4S/c1-3-13(2)18(16,17)12-10(11(14)15)9-7-5-4-6-8-9/h4-8,10,12H,3H2,1-2H3,(H,14,15)/t10-/m1/s1. The lowest BCUT2D eigenvalue weighted by Crippen LogP contribution is -2.42. The van der Waals surface area contributed by atoms with E-state index in [4.69, 9.17) is 5.11 Å². The molecule has 1 atom stereocenters. The van der Waals surface area contributed by atoms with E-state index in [-0.39, 0.29) is 6.54 Å². The molecule has 18 heavy (non-hydrogen) atoms. The zero-order valence-corrected chi connectivity index (χ0v) is 11.0. The van der Waals surface area contributed by atoms with Gasteiger partial charge in [0.2, 0.25) is 0 Å². The molecule has 0 aliphatic carbocycles. The predicted molar refractivity (Wildman–Crippen MR) is 67.2 cm³/mol. The van der Waals surface area contributed by atoms with Crippen LogP contribution in [0.3, 0.4) is 0 Å². The van der Waals surface area contributed by atoms with Gasteiger partial charge in [-0.1, -0.05) is 37.3 Å². The number of nitrogens with zero attached hydrogens (tertiary/aromatic N) is 1. The van der Waals surface area contributed by atoms with Crippen molar-refractivity contribution in [2.75, 3.05) is 13.6 Å². The number of hydrogen-bond donors (Lipinski definition) is 2. The van der Waals surface area contributed by atoms with Gasteiger partial charge in [0.15, 0.2) is 0 Å². The highest BCUT2D eigenvalue weighted by atomic mass is 32.2. The molecule has 1 aromatic carbocycles. The van der Waals surface area contributed by atoms with E-state index in [2.05, 4.69) is 4.72 Å². The average molecular weight is 272 g/mol. The first-order valence-corrected chi connectivity index (χ1v) is 6.84. The Labute approximate surface area is 106 Å². The Hall–Kier alpha value is -1.44. The highest BCUT2D eigenvalue weighted by molar-refractivity contribution is 7.87. The number of carboxylic acid groups (broad SMARTS) is 1. The molecule has 0 heterocycles. The second-order valence-electron chi connectivity index (χ2n) is 3.72. The first kappa shape index (κ1) is 14.6. The van der Waals surface area contributed by atoms with Gasteiger partial charge >= 0.3 is 5.97 Å². The maximum atomic E-state index is 11.8. The SMILES string of the molecule is CCN(C)S(=O)(=O)N[C@@H](C(=O)O)c1ccccc1. The quantitative estimate of drug-likeness (QED) is 0.794. The summed E-state index contributed by atoms with van der Waals surface area (Å²) >= 11 is 0. The van der Waals surface area contributed by atoms with E-state index in [9.17, 15) is 13.2 Å². The van der Waals surface area contributed by atoms with Crippen molar-refractivity contribution < 1.29 is 18.3 Å². The summed E-state index contributed by atoms with van der Waals surface area (Å²) in [6.45, 7) is 1.92. The van der Waals surface area contributed by atoms with E-state index in [1.807, 2.05) is 0 Å². The van der Waals surface area contributed by atoms with Crippen molar-refractivity contribution in [3.63, 3.8) is 0 Å². The summed E-state index contributed by atoms with van der Waals surface area (Å²) in [5.74, 6) is -1.24. The maximum Gasteiger partial charge on any atom is 0.326 e. The van der Waals surface area contributed by atoms with Crippen LogP contribution in [0.4, 0.5) is 0 Å². The van der Waals surface area contributed by atoms with E-state index in [1.165, 1.54) is 7.05 Å². The number of benzene rings is 1. The number of carboxylic acids is 1. The molecule has 100 valence electrons. The van der Waals surface area contributed by atoms with Crippen LogP contribution in [0.15, 0.2) is 30.3 Å². The van der Waals surface area contributed by atoms with E-state index in [0.29, 0.717) is 5.56 Å². The summed E-state index contributed by atoms with van der Waals surface area (Å²) in [5.41, 5.74) is 0.387. The normalized spacial score (nSPS) is 13.5. The second kappa shape index (κ2) is 5.94. The topological polar surface area (TPSA) is 86.7 Å². The van der Waals surface area contributed by atoms with Crippen LogP contribution in [0.1, 0.15) is 18.5 Å². The summed E-state index contributed by atoms with van der Waals surface area (Å²) in [5, 5.41) is 9.10. The lowest BCUT2D eigenvalue weighted by atomic mass is 10.1. The fourth-order valence-electron chi connectivity index (χ4n) is 1.32. The number of hydrogen-bond acceptors (Lipinski definition) is 3. The Balaban J connectivity index is 3.00. The van der Waals surface area contributed by atoms with Gasteiger partial charge in [-0.2, -0.15) is 17.4 Å². The van der Waals surface area contributed by atoms with Crippen molar-refractivity contribution in [2.45, 2.75) is 13.0 Å². The Kier molecular flexibility index (Phi) is 4.83. The molecular formula is C11H16N2O4S. The maximum absolute atomic E-state index is 11.8. The third-order valence-electron chi connectivity index (χ3n) is 2.50. The van der Waals surface area contributed by atoms with Crippen molar-refractivity contribution in [3.8, 4) is 0 Å². The Morgan fingerprint density at radius 1 is 1.39 bits per heavy atom. The molecule has 7 heteroatoms. The number of rotatable bonds is 6. The third-order valence-corrected chi connectivity index (χ3v) is 4.11. The fourth-order valence-corrected chi connectivity index (χ4v) is 2.37. The first-order chi connectivity index (χ1) is 8.38. The Morgan fingerprint density at radius 3 is 2.39 bits per heavy atom. The summed E-state index contributed by atoms with van der Waals surface area (Å²) in [4.78, 5) is 11.1. The van der Waals surface area contributed by atoms with Crippen LogP contribution in [0.25, 0.3) is 0 Å². The van der Waals surface area contributed by atoms with Crippen LogP contribution in [0.5, 0.6) is 0 Å². The molecule has 2 N–H and O–H groups in total. The van der Waals surface area contributed by atoms with Crippen molar-refractivity contribution in [1.29, 1.82) is 0 Å². The minimum absolute atomic E-state index is 0.260. The molecule has 6 nitrogen and oxygen atoms in total. The van der Waals surface area contributed by atoms with Gasteiger partial charge in [0.05, 0.1) is 0 Å². The van der Waals surface area contributed by atoms with E-state index >= 15 is 0 Å². The molecule has 0 aliphatic rings. The van der Waals surface area contributed by atoms with Gasteiger partial charge in [-0.3, -0.25) is 4.79 Å². The largest absolute Gasteiger partial charge is 0.480 e. The van der Waals surface area contributed by atoms with Crippen LogP contribution in [-0.2, 0) is 15.0 Å². The second-order valence-corrected chi connectivity index (χ2v) is 5.53. The third kappa shape index (κ3) is 3.52. The van der Waals surface area contributed by atoms with Gasteiger partial charge in [-0.25, -0.2) is 0 Å². The molecule has 0 aliphatic heterocycles. The Bertz CT molecular complexity index is 501. The number of aliphatic carboxylic acids is 1. The molecule has 0 aromatic heterocycles. The fraction of sp³-hybridized carbons (Fsp3) is 0.364. The van der Waals surface area contributed by atoms with Crippen LogP contribution in [0, 0.1) is 0 Å². The number of carbonyl (C=O) groups is 1. The lowest BCUT2D eigenvalue weighted by Gasteiger charge is -2.20. The van der Waals surface area contributed by atoms with Crippen molar-refractivity contribution in [1.82, 2.24) is 9.03 Å². The minimum atomic E-state index is -3.80. The van der Waals surface area contributed by atoms with Gasteiger partial charge in [0, 0.05) is 13.6 Å². The molecule has 0 amide bonds. The zero-order chi connectivity index (χ0) is 13.8. The average Bonchev–Trinajstić information content (AvgIpc) is 2.35. The van der Waals surface area contributed by atoms with Crippen molar-refractivity contribution in [2.24, 2.45) is 0 Å². The molecule has 0 bridgehead atoms. The Morgan fingerprint density at radius 2 is 1.94 bits per heavy atom. The molecular weight excluding hydrogens is 256 g/mol. The highest BCUT2D eigenvalue weighted by Crippen LogP contribution is 2.14. The van der Waals surface area contributed by atoms with E-state index < -0.39 is 22.2 Å². The van der Waals surface area contributed by atoms with Gasteiger partial charge in [0.25, 0.3) is 10.2 Å². The summed E-state index contributed by atoms with van der Waals surface area (Å²) in [6, 6.07) is 6.88. The van der Waals surface area contributed by atoms with Crippen molar-refractivity contribution in [3.05, 3.63) is 35.9 Å².